The summed E-state index contributed by atoms with van der Waals surface area (Å²) in [4.78, 5) is 14.1. The molecule has 1 atom stereocenters. The molecule has 21 heavy (non-hydrogen) atoms. The van der Waals surface area contributed by atoms with Crippen molar-refractivity contribution in [2.45, 2.75) is 52.6 Å². The van der Waals surface area contributed by atoms with E-state index < -0.39 is 0 Å². The van der Waals surface area contributed by atoms with E-state index in [9.17, 15) is 4.79 Å². The van der Waals surface area contributed by atoms with Gasteiger partial charge in [0.1, 0.15) is 6.17 Å². The van der Waals surface area contributed by atoms with Crippen LogP contribution in [-0.2, 0) is 4.79 Å². The number of carbonyl (C=O) groups is 1. The molecule has 1 N–H and O–H groups in total. The summed E-state index contributed by atoms with van der Waals surface area (Å²) in [6.07, 6.45) is 2.29. The van der Waals surface area contributed by atoms with E-state index in [4.69, 9.17) is 0 Å². The lowest BCUT2D eigenvalue weighted by Gasteiger charge is -2.25. The molecule has 1 aromatic carbocycles. The summed E-state index contributed by atoms with van der Waals surface area (Å²) >= 11 is 0. The summed E-state index contributed by atoms with van der Waals surface area (Å²) in [5.41, 5.74) is 2.53. The fraction of sp³-hybridized carbons (Fsp3) is 0.611. The standard InChI is InChI=1S/C18H28N2O/c1-13(2)6-5-11-20-17(21)12-19-18(20)16-9-7-15(8-10-16)14(3)4/h7-10,13-14,18-19H,5-6,11-12H2,1-4H3. The van der Waals surface area contributed by atoms with E-state index in [0.29, 0.717) is 18.4 Å². The van der Waals surface area contributed by atoms with Gasteiger partial charge in [-0.15, -0.1) is 0 Å². The van der Waals surface area contributed by atoms with Crippen LogP contribution in [0, 0.1) is 5.92 Å². The Bertz CT molecular complexity index is 465. The summed E-state index contributed by atoms with van der Waals surface area (Å²) < 4.78 is 0. The largest absolute Gasteiger partial charge is 0.322 e. The average Bonchev–Trinajstić information content (AvgIpc) is 2.80. The number of rotatable bonds is 6. The van der Waals surface area contributed by atoms with Gasteiger partial charge in [0.05, 0.1) is 6.54 Å². The monoisotopic (exact) mass is 288 g/mol. The quantitative estimate of drug-likeness (QED) is 0.866. The highest BCUT2D eigenvalue weighted by molar-refractivity contribution is 5.80. The van der Waals surface area contributed by atoms with Crippen LogP contribution in [0.3, 0.4) is 0 Å². The van der Waals surface area contributed by atoms with Crippen molar-refractivity contribution in [2.75, 3.05) is 13.1 Å². The number of amides is 1. The third kappa shape index (κ3) is 4.07. The smallest absolute Gasteiger partial charge is 0.238 e. The fourth-order valence-corrected chi connectivity index (χ4v) is 2.82. The zero-order valence-corrected chi connectivity index (χ0v) is 13.7. The molecule has 2 rings (SSSR count). The Morgan fingerprint density at radius 2 is 1.86 bits per heavy atom. The van der Waals surface area contributed by atoms with Gasteiger partial charge >= 0.3 is 0 Å². The van der Waals surface area contributed by atoms with Gasteiger partial charge in [0.25, 0.3) is 0 Å². The van der Waals surface area contributed by atoms with Gasteiger partial charge in [-0.3, -0.25) is 10.1 Å². The number of carbonyl (C=O) groups excluding carboxylic acids is 1. The van der Waals surface area contributed by atoms with Crippen LogP contribution in [0.4, 0.5) is 0 Å². The maximum atomic E-state index is 12.1. The summed E-state index contributed by atoms with van der Waals surface area (Å²) in [5.74, 6) is 1.45. The molecule has 1 saturated heterocycles. The second kappa shape index (κ2) is 7.08. The molecular formula is C18H28N2O. The molecule has 0 aliphatic carbocycles. The molecule has 116 valence electrons. The molecule has 1 heterocycles. The van der Waals surface area contributed by atoms with Crippen LogP contribution in [0.5, 0.6) is 0 Å². The van der Waals surface area contributed by atoms with E-state index in [1.165, 1.54) is 17.5 Å². The van der Waals surface area contributed by atoms with Crippen LogP contribution in [0.25, 0.3) is 0 Å². The van der Waals surface area contributed by atoms with E-state index in [-0.39, 0.29) is 12.1 Å². The molecule has 1 amide bonds. The third-order valence-electron chi connectivity index (χ3n) is 4.18. The molecule has 1 unspecified atom stereocenters. The molecule has 0 aromatic heterocycles. The predicted molar refractivity (Wildman–Crippen MR) is 87.1 cm³/mol. The van der Waals surface area contributed by atoms with Crippen LogP contribution >= 0.6 is 0 Å². The first-order valence-electron chi connectivity index (χ1n) is 8.11. The third-order valence-corrected chi connectivity index (χ3v) is 4.18. The first kappa shape index (κ1) is 16.0. The summed E-state index contributed by atoms with van der Waals surface area (Å²) in [6, 6.07) is 8.66. The highest BCUT2D eigenvalue weighted by atomic mass is 16.2. The van der Waals surface area contributed by atoms with Gasteiger partial charge in [0.15, 0.2) is 0 Å². The van der Waals surface area contributed by atoms with Crippen molar-refractivity contribution >= 4 is 5.91 Å². The Balaban J connectivity index is 2.04. The number of hydrogen-bond acceptors (Lipinski definition) is 2. The van der Waals surface area contributed by atoms with Gasteiger partial charge < -0.3 is 4.90 Å². The van der Waals surface area contributed by atoms with Crippen molar-refractivity contribution in [3.05, 3.63) is 35.4 Å². The van der Waals surface area contributed by atoms with E-state index in [1.54, 1.807) is 0 Å². The van der Waals surface area contributed by atoms with Gasteiger partial charge in [-0.1, -0.05) is 52.0 Å². The molecule has 0 radical (unpaired) electrons. The Labute approximate surface area is 128 Å². The topological polar surface area (TPSA) is 32.3 Å². The Morgan fingerprint density at radius 3 is 2.43 bits per heavy atom. The number of benzene rings is 1. The van der Waals surface area contributed by atoms with Gasteiger partial charge in [0.2, 0.25) is 5.91 Å². The van der Waals surface area contributed by atoms with Gasteiger partial charge in [-0.05, 0) is 35.8 Å². The number of nitrogens with one attached hydrogen (secondary N) is 1. The maximum absolute atomic E-state index is 12.1. The highest BCUT2D eigenvalue weighted by Crippen LogP contribution is 2.25. The lowest BCUT2D eigenvalue weighted by atomic mass is 10.0. The van der Waals surface area contributed by atoms with E-state index in [2.05, 4.69) is 57.3 Å². The van der Waals surface area contributed by atoms with Gasteiger partial charge in [-0.25, -0.2) is 0 Å². The van der Waals surface area contributed by atoms with E-state index >= 15 is 0 Å². The number of hydrogen-bond donors (Lipinski definition) is 1. The first-order chi connectivity index (χ1) is 9.99. The average molecular weight is 288 g/mol. The zero-order valence-electron chi connectivity index (χ0n) is 13.7. The molecule has 1 aliphatic heterocycles. The van der Waals surface area contributed by atoms with Gasteiger partial charge in [0, 0.05) is 6.54 Å². The molecule has 0 bridgehead atoms. The summed E-state index contributed by atoms with van der Waals surface area (Å²) in [5, 5.41) is 3.34. The SMILES string of the molecule is CC(C)CCCN1C(=O)CNC1c1ccc(C(C)C)cc1. The molecule has 0 saturated carbocycles. The van der Waals surface area contributed by atoms with E-state index in [1.807, 2.05) is 4.90 Å². The molecule has 0 spiro atoms. The van der Waals surface area contributed by atoms with Crippen LogP contribution in [0.1, 0.15) is 63.7 Å². The second-order valence-electron chi connectivity index (χ2n) is 6.73. The second-order valence-corrected chi connectivity index (χ2v) is 6.73. The molecule has 1 aliphatic rings. The van der Waals surface area contributed by atoms with Crippen molar-refractivity contribution in [3.63, 3.8) is 0 Å². The Kier molecular flexibility index (Phi) is 5.40. The normalized spacial score (nSPS) is 19.0. The predicted octanol–water partition coefficient (Wildman–Crippen LogP) is 3.68. The van der Waals surface area contributed by atoms with Crippen molar-refractivity contribution in [3.8, 4) is 0 Å². The molecule has 3 heteroatoms. The lowest BCUT2D eigenvalue weighted by molar-refractivity contribution is -0.128. The molecule has 1 aromatic rings. The Morgan fingerprint density at radius 1 is 1.19 bits per heavy atom. The Hall–Kier alpha value is -1.35. The minimum Gasteiger partial charge on any atom is -0.322 e. The van der Waals surface area contributed by atoms with Crippen molar-refractivity contribution < 1.29 is 4.79 Å². The molecular weight excluding hydrogens is 260 g/mol. The highest BCUT2D eigenvalue weighted by Gasteiger charge is 2.30. The molecule has 1 fully saturated rings. The van der Waals surface area contributed by atoms with Crippen molar-refractivity contribution in [2.24, 2.45) is 5.92 Å². The van der Waals surface area contributed by atoms with Crippen molar-refractivity contribution in [1.82, 2.24) is 10.2 Å². The van der Waals surface area contributed by atoms with Crippen LogP contribution in [-0.4, -0.2) is 23.9 Å². The maximum Gasteiger partial charge on any atom is 0.238 e. The fourth-order valence-electron chi connectivity index (χ4n) is 2.82. The van der Waals surface area contributed by atoms with E-state index in [0.717, 1.165) is 13.0 Å². The zero-order chi connectivity index (χ0) is 15.4. The minimum atomic E-state index is 0.0471. The summed E-state index contributed by atoms with van der Waals surface area (Å²) in [6.45, 7) is 10.2. The van der Waals surface area contributed by atoms with Gasteiger partial charge in [-0.2, -0.15) is 0 Å². The summed E-state index contributed by atoms with van der Waals surface area (Å²) in [7, 11) is 0. The first-order valence-corrected chi connectivity index (χ1v) is 8.11. The van der Waals surface area contributed by atoms with Crippen LogP contribution in [0.15, 0.2) is 24.3 Å². The van der Waals surface area contributed by atoms with Crippen LogP contribution < -0.4 is 5.32 Å². The lowest BCUT2D eigenvalue weighted by Crippen LogP contribution is -2.31. The van der Waals surface area contributed by atoms with Crippen LogP contribution in [0.2, 0.25) is 0 Å². The minimum absolute atomic E-state index is 0.0471. The number of nitrogens with zero attached hydrogens (tertiary/aromatic N) is 1. The molecule has 3 nitrogen and oxygen atoms in total. The van der Waals surface area contributed by atoms with Crippen molar-refractivity contribution in [1.29, 1.82) is 0 Å².